The molecule has 0 amide bonds. The van der Waals surface area contributed by atoms with E-state index in [9.17, 15) is 0 Å². The standard InChI is InChI=1S/C35H35FNO/c1-23-11-16-26-27-17-18-29(36)32(34(27)38-33(26)31(23)30-10-4-8-22-37(30)2)25-14-12-24(13-15-25)28-9-3-5-19-35(28)20-6-7-21-35/h4,8,10-18,22,28H,3,5-7,9,19-21H2,1-2H3/q+1. The maximum atomic E-state index is 15.5. The number of nitrogens with zero attached hydrogens (tertiary/aromatic N) is 1. The summed E-state index contributed by atoms with van der Waals surface area (Å²) in [5.74, 6) is 0.398. The van der Waals surface area contributed by atoms with Gasteiger partial charge in [0.25, 0.3) is 0 Å². The van der Waals surface area contributed by atoms with Crippen LogP contribution in [-0.2, 0) is 7.05 Å². The average molecular weight is 505 g/mol. The molecular weight excluding hydrogens is 469 g/mol. The predicted molar refractivity (Wildman–Crippen MR) is 153 cm³/mol. The second-order valence-electron chi connectivity index (χ2n) is 11.7. The van der Waals surface area contributed by atoms with Crippen LogP contribution < -0.4 is 4.57 Å². The largest absolute Gasteiger partial charge is 0.454 e. The van der Waals surface area contributed by atoms with Crippen molar-refractivity contribution in [2.24, 2.45) is 12.5 Å². The second-order valence-corrected chi connectivity index (χ2v) is 11.7. The Balaban J connectivity index is 1.37. The molecule has 0 saturated heterocycles. The molecule has 7 rings (SSSR count). The Morgan fingerprint density at radius 1 is 0.789 bits per heavy atom. The third kappa shape index (κ3) is 3.62. The van der Waals surface area contributed by atoms with Crippen molar-refractivity contribution >= 4 is 21.9 Å². The first-order valence-electron chi connectivity index (χ1n) is 14.3. The molecule has 2 fully saturated rings. The predicted octanol–water partition coefficient (Wildman–Crippen LogP) is 9.41. The van der Waals surface area contributed by atoms with Crippen molar-refractivity contribution in [3.05, 3.63) is 89.9 Å². The molecule has 0 radical (unpaired) electrons. The summed E-state index contributed by atoms with van der Waals surface area (Å²) in [5, 5.41) is 1.98. The van der Waals surface area contributed by atoms with E-state index in [0.717, 1.165) is 38.7 Å². The van der Waals surface area contributed by atoms with Crippen molar-refractivity contribution in [3.8, 4) is 22.4 Å². The van der Waals surface area contributed by atoms with Crippen molar-refractivity contribution in [2.45, 2.75) is 64.2 Å². The first kappa shape index (κ1) is 23.6. The van der Waals surface area contributed by atoms with Gasteiger partial charge in [-0.15, -0.1) is 0 Å². The quantitative estimate of drug-likeness (QED) is 0.224. The van der Waals surface area contributed by atoms with Crippen LogP contribution >= 0.6 is 0 Å². The monoisotopic (exact) mass is 504 g/mol. The van der Waals surface area contributed by atoms with Crippen molar-refractivity contribution in [3.63, 3.8) is 0 Å². The van der Waals surface area contributed by atoms with E-state index in [1.165, 1.54) is 56.9 Å². The van der Waals surface area contributed by atoms with Crippen molar-refractivity contribution in [1.29, 1.82) is 0 Å². The highest BCUT2D eigenvalue weighted by molar-refractivity contribution is 6.13. The zero-order valence-electron chi connectivity index (χ0n) is 22.4. The van der Waals surface area contributed by atoms with Crippen LogP contribution in [0.4, 0.5) is 4.39 Å². The Labute approximate surface area is 224 Å². The summed E-state index contributed by atoms with van der Waals surface area (Å²) in [7, 11) is 2.05. The Morgan fingerprint density at radius 3 is 2.21 bits per heavy atom. The molecule has 2 aliphatic rings. The molecule has 2 heterocycles. The molecule has 192 valence electrons. The van der Waals surface area contributed by atoms with Crippen LogP contribution in [0.25, 0.3) is 44.3 Å². The minimum atomic E-state index is -0.238. The molecular formula is C35H35FNO+. The zero-order chi connectivity index (χ0) is 25.9. The number of aryl methyl sites for hydroxylation is 2. The molecule has 38 heavy (non-hydrogen) atoms. The highest BCUT2D eigenvalue weighted by Gasteiger charge is 2.43. The Bertz CT molecular complexity index is 1660. The Hall–Kier alpha value is -3.46. The number of pyridine rings is 1. The summed E-state index contributed by atoms with van der Waals surface area (Å²) in [4.78, 5) is 0. The third-order valence-corrected chi connectivity index (χ3v) is 9.64. The van der Waals surface area contributed by atoms with Crippen LogP contribution in [0, 0.1) is 18.2 Å². The van der Waals surface area contributed by atoms with Crippen LogP contribution in [-0.4, -0.2) is 0 Å². The Kier molecular flexibility index (Phi) is 5.65. The fourth-order valence-electron chi connectivity index (χ4n) is 7.73. The summed E-state index contributed by atoms with van der Waals surface area (Å²) in [5.41, 5.74) is 8.09. The molecule has 1 unspecified atom stereocenters. The number of fused-ring (bicyclic) bond motifs is 3. The summed E-state index contributed by atoms with van der Waals surface area (Å²) >= 11 is 0. The number of hydrogen-bond acceptors (Lipinski definition) is 1. The first-order valence-corrected chi connectivity index (χ1v) is 14.3. The molecule has 0 bridgehead atoms. The number of halogens is 1. The van der Waals surface area contributed by atoms with E-state index in [0.29, 0.717) is 22.5 Å². The van der Waals surface area contributed by atoms with Gasteiger partial charge in [-0.3, -0.25) is 0 Å². The van der Waals surface area contributed by atoms with Gasteiger partial charge in [-0.25, -0.2) is 8.96 Å². The number of furan rings is 1. The van der Waals surface area contributed by atoms with Gasteiger partial charge in [-0.05, 0) is 78.8 Å². The van der Waals surface area contributed by atoms with E-state index >= 15 is 4.39 Å². The van der Waals surface area contributed by atoms with E-state index in [1.807, 2.05) is 31.4 Å². The molecule has 1 spiro atoms. The molecule has 1 atom stereocenters. The third-order valence-electron chi connectivity index (χ3n) is 9.64. The van der Waals surface area contributed by atoms with Crippen molar-refractivity contribution in [1.82, 2.24) is 0 Å². The van der Waals surface area contributed by atoms with Gasteiger partial charge >= 0.3 is 0 Å². The SMILES string of the molecule is Cc1ccc2c(oc3c(-c4ccc(C5CCCCC56CCCC6)cc4)c(F)ccc32)c1-c1cccc[n+]1C. The average Bonchev–Trinajstić information content (AvgIpc) is 3.55. The van der Waals surface area contributed by atoms with Crippen molar-refractivity contribution in [2.75, 3.05) is 0 Å². The van der Waals surface area contributed by atoms with E-state index in [4.69, 9.17) is 4.42 Å². The number of rotatable bonds is 3. The van der Waals surface area contributed by atoms with Crippen LogP contribution in [0.5, 0.6) is 0 Å². The van der Waals surface area contributed by atoms with Crippen molar-refractivity contribution < 1.29 is 13.4 Å². The lowest BCUT2D eigenvalue weighted by molar-refractivity contribution is -0.660. The lowest BCUT2D eigenvalue weighted by Crippen LogP contribution is -2.30. The number of benzene rings is 3. The maximum Gasteiger partial charge on any atom is 0.216 e. The lowest BCUT2D eigenvalue weighted by Gasteiger charge is -2.42. The summed E-state index contributed by atoms with van der Waals surface area (Å²) in [6.07, 6.45) is 12.9. The smallest absolute Gasteiger partial charge is 0.216 e. The molecule has 2 aromatic heterocycles. The van der Waals surface area contributed by atoms with Crippen LogP contribution in [0.1, 0.15) is 68.4 Å². The summed E-state index contributed by atoms with van der Waals surface area (Å²) < 4.78 is 24.3. The minimum absolute atomic E-state index is 0.238. The molecule has 2 nitrogen and oxygen atoms in total. The molecule has 3 aromatic carbocycles. The number of hydrogen-bond donors (Lipinski definition) is 0. The van der Waals surface area contributed by atoms with Crippen LogP contribution in [0.2, 0.25) is 0 Å². The van der Waals surface area contributed by atoms with Crippen LogP contribution in [0.15, 0.2) is 77.3 Å². The second kappa shape index (κ2) is 9.08. The van der Waals surface area contributed by atoms with Gasteiger partial charge < -0.3 is 4.42 Å². The van der Waals surface area contributed by atoms with E-state index in [2.05, 4.69) is 54.0 Å². The number of aromatic nitrogens is 1. The van der Waals surface area contributed by atoms with Crippen LogP contribution in [0.3, 0.4) is 0 Å². The highest BCUT2D eigenvalue weighted by Crippen LogP contribution is 2.56. The van der Waals surface area contributed by atoms with E-state index in [1.54, 1.807) is 6.07 Å². The topological polar surface area (TPSA) is 17.0 Å². The molecule has 2 aliphatic carbocycles. The summed E-state index contributed by atoms with van der Waals surface area (Å²) in [6.45, 7) is 2.11. The lowest BCUT2D eigenvalue weighted by atomic mass is 9.63. The molecule has 2 saturated carbocycles. The van der Waals surface area contributed by atoms with Gasteiger partial charge in [0.05, 0.1) is 11.1 Å². The normalized spacial score (nSPS) is 19.1. The summed E-state index contributed by atoms with van der Waals surface area (Å²) in [6, 6.07) is 22.7. The first-order chi connectivity index (χ1) is 18.6. The highest BCUT2D eigenvalue weighted by atomic mass is 19.1. The Morgan fingerprint density at radius 2 is 1.47 bits per heavy atom. The van der Waals surface area contributed by atoms with Gasteiger partial charge in [0, 0.05) is 22.9 Å². The van der Waals surface area contributed by atoms with Gasteiger partial charge in [-0.1, -0.05) is 62.1 Å². The fraction of sp³-hybridized carbons (Fsp3) is 0.343. The van der Waals surface area contributed by atoms with E-state index < -0.39 is 0 Å². The van der Waals surface area contributed by atoms with Gasteiger partial charge in [0.15, 0.2) is 6.20 Å². The molecule has 0 aliphatic heterocycles. The molecule has 3 heteroatoms. The fourth-order valence-corrected chi connectivity index (χ4v) is 7.73. The molecule has 0 N–H and O–H groups in total. The van der Waals surface area contributed by atoms with Gasteiger partial charge in [0.2, 0.25) is 5.69 Å². The zero-order valence-corrected chi connectivity index (χ0v) is 22.4. The van der Waals surface area contributed by atoms with E-state index in [-0.39, 0.29) is 5.82 Å². The van der Waals surface area contributed by atoms with Gasteiger partial charge in [-0.2, -0.15) is 0 Å². The van der Waals surface area contributed by atoms with Gasteiger partial charge in [0.1, 0.15) is 24.0 Å². The minimum Gasteiger partial charge on any atom is -0.454 e. The maximum absolute atomic E-state index is 15.5. The molecule has 5 aromatic rings.